The van der Waals surface area contributed by atoms with Gasteiger partial charge in [-0.3, -0.25) is 9.59 Å². The Morgan fingerprint density at radius 1 is 0.958 bits per heavy atom. The molecule has 0 aromatic rings. The first kappa shape index (κ1) is 23.1. The number of nitrogens with one attached hydrogen (secondary N) is 3. The molecular formula is C19H39N3O2. The molecule has 142 valence electrons. The maximum Gasteiger partial charge on any atom is 0.237 e. The van der Waals surface area contributed by atoms with Crippen LogP contribution in [0.3, 0.4) is 0 Å². The Hall–Kier alpha value is -0.940. The SMILES string of the molecule is CC(C)NC(CCCCNC(C)(C)C)C(=O)NCC(=O)C(C)(C)C. The molecule has 0 spiro atoms. The van der Waals surface area contributed by atoms with Gasteiger partial charge in [-0.1, -0.05) is 41.0 Å². The summed E-state index contributed by atoms with van der Waals surface area (Å²) in [6.07, 6.45) is 2.77. The molecule has 5 nitrogen and oxygen atoms in total. The van der Waals surface area contributed by atoms with Gasteiger partial charge in [0, 0.05) is 17.0 Å². The molecule has 24 heavy (non-hydrogen) atoms. The molecule has 3 N–H and O–H groups in total. The Morgan fingerprint density at radius 3 is 2.00 bits per heavy atom. The molecule has 0 bridgehead atoms. The van der Waals surface area contributed by atoms with E-state index in [4.69, 9.17) is 0 Å². The molecule has 0 aromatic carbocycles. The van der Waals surface area contributed by atoms with E-state index >= 15 is 0 Å². The minimum atomic E-state index is -0.424. The third-order valence-corrected chi connectivity index (χ3v) is 3.69. The lowest BCUT2D eigenvalue weighted by molar-refractivity contribution is -0.130. The van der Waals surface area contributed by atoms with Crippen LogP contribution in [0.2, 0.25) is 0 Å². The third kappa shape index (κ3) is 11.6. The summed E-state index contributed by atoms with van der Waals surface area (Å²) >= 11 is 0. The lowest BCUT2D eigenvalue weighted by Gasteiger charge is -2.23. The molecule has 0 aliphatic carbocycles. The molecule has 0 radical (unpaired) electrons. The van der Waals surface area contributed by atoms with Gasteiger partial charge >= 0.3 is 0 Å². The molecule has 1 unspecified atom stereocenters. The van der Waals surface area contributed by atoms with Gasteiger partial charge in [0.15, 0.2) is 5.78 Å². The van der Waals surface area contributed by atoms with Crippen LogP contribution in [-0.4, -0.2) is 42.4 Å². The van der Waals surface area contributed by atoms with Gasteiger partial charge in [-0.15, -0.1) is 0 Å². The zero-order chi connectivity index (χ0) is 19.0. The van der Waals surface area contributed by atoms with E-state index < -0.39 is 5.41 Å². The fourth-order valence-electron chi connectivity index (χ4n) is 2.19. The van der Waals surface area contributed by atoms with Crippen molar-refractivity contribution in [3.05, 3.63) is 0 Å². The average molecular weight is 342 g/mol. The highest BCUT2D eigenvalue weighted by molar-refractivity contribution is 5.90. The zero-order valence-electron chi connectivity index (χ0n) is 17.0. The Kier molecular flexibility index (Phi) is 9.74. The summed E-state index contributed by atoms with van der Waals surface area (Å²) in [5.74, 6) is -0.0291. The van der Waals surface area contributed by atoms with Gasteiger partial charge in [0.05, 0.1) is 12.6 Å². The number of ketones is 1. The average Bonchev–Trinajstić information content (AvgIpc) is 2.39. The van der Waals surface area contributed by atoms with Crippen LogP contribution in [0.5, 0.6) is 0 Å². The fourth-order valence-corrected chi connectivity index (χ4v) is 2.19. The van der Waals surface area contributed by atoms with Gasteiger partial charge in [0.2, 0.25) is 5.91 Å². The Balaban J connectivity index is 4.34. The van der Waals surface area contributed by atoms with Crippen molar-refractivity contribution in [2.45, 2.75) is 92.3 Å². The predicted molar refractivity (Wildman–Crippen MR) is 101 cm³/mol. The van der Waals surface area contributed by atoms with Gasteiger partial charge in [0.25, 0.3) is 0 Å². The molecule has 0 rings (SSSR count). The van der Waals surface area contributed by atoms with Crippen molar-refractivity contribution >= 4 is 11.7 Å². The number of carbonyl (C=O) groups excluding carboxylic acids is 2. The monoisotopic (exact) mass is 341 g/mol. The standard InChI is InChI=1S/C19H39N3O2/c1-14(2)22-15(11-9-10-12-21-19(6,7)8)17(24)20-13-16(23)18(3,4)5/h14-15,21-22H,9-13H2,1-8H3,(H,20,24). The molecule has 5 heteroatoms. The maximum atomic E-state index is 12.4. The summed E-state index contributed by atoms with van der Waals surface area (Å²) < 4.78 is 0. The van der Waals surface area contributed by atoms with E-state index in [-0.39, 0.29) is 35.9 Å². The molecule has 0 aromatic heterocycles. The van der Waals surface area contributed by atoms with Gasteiger partial charge in [-0.2, -0.15) is 0 Å². The van der Waals surface area contributed by atoms with Crippen LogP contribution < -0.4 is 16.0 Å². The van der Waals surface area contributed by atoms with Gasteiger partial charge in [-0.05, 0) is 40.2 Å². The van der Waals surface area contributed by atoms with Crippen molar-refractivity contribution in [1.82, 2.24) is 16.0 Å². The fraction of sp³-hybridized carbons (Fsp3) is 0.895. The van der Waals surface area contributed by atoms with E-state index in [0.29, 0.717) is 0 Å². The van der Waals surface area contributed by atoms with Gasteiger partial charge in [-0.25, -0.2) is 0 Å². The number of Topliss-reactive ketones (excluding diaryl/α,β-unsaturated/α-hetero) is 1. The first-order chi connectivity index (χ1) is 10.8. The molecule has 1 atom stereocenters. The van der Waals surface area contributed by atoms with Gasteiger partial charge < -0.3 is 16.0 Å². The lowest BCUT2D eigenvalue weighted by Crippen LogP contribution is -2.48. The third-order valence-electron chi connectivity index (χ3n) is 3.69. The highest BCUT2D eigenvalue weighted by atomic mass is 16.2. The first-order valence-electron chi connectivity index (χ1n) is 9.15. The summed E-state index contributed by atoms with van der Waals surface area (Å²) in [6, 6.07) is -0.0147. The van der Waals surface area contributed by atoms with E-state index in [1.807, 2.05) is 34.6 Å². The van der Waals surface area contributed by atoms with Crippen LogP contribution in [0.25, 0.3) is 0 Å². The molecule has 0 aliphatic heterocycles. The summed E-state index contributed by atoms with van der Waals surface area (Å²) in [5.41, 5.74) is -0.298. The molecule has 0 saturated heterocycles. The maximum absolute atomic E-state index is 12.4. The van der Waals surface area contributed by atoms with Crippen LogP contribution in [-0.2, 0) is 9.59 Å². The van der Waals surface area contributed by atoms with Crippen molar-refractivity contribution in [1.29, 1.82) is 0 Å². The van der Waals surface area contributed by atoms with Crippen LogP contribution in [0.15, 0.2) is 0 Å². The van der Waals surface area contributed by atoms with E-state index in [9.17, 15) is 9.59 Å². The molecule has 0 heterocycles. The van der Waals surface area contributed by atoms with Crippen molar-refractivity contribution in [2.75, 3.05) is 13.1 Å². The van der Waals surface area contributed by atoms with Crippen molar-refractivity contribution < 1.29 is 9.59 Å². The highest BCUT2D eigenvalue weighted by Gasteiger charge is 2.24. The largest absolute Gasteiger partial charge is 0.348 e. The second-order valence-corrected chi connectivity index (χ2v) is 8.94. The van der Waals surface area contributed by atoms with Crippen molar-refractivity contribution in [3.63, 3.8) is 0 Å². The summed E-state index contributed by atoms with van der Waals surface area (Å²) in [4.78, 5) is 24.4. The summed E-state index contributed by atoms with van der Waals surface area (Å²) in [5, 5.41) is 9.56. The summed E-state index contributed by atoms with van der Waals surface area (Å²) in [6.45, 7) is 17.2. The Morgan fingerprint density at radius 2 is 1.54 bits per heavy atom. The van der Waals surface area contributed by atoms with E-state index in [0.717, 1.165) is 25.8 Å². The quantitative estimate of drug-likeness (QED) is 0.534. The second kappa shape index (κ2) is 10.1. The van der Waals surface area contributed by atoms with E-state index in [1.165, 1.54) is 0 Å². The smallest absolute Gasteiger partial charge is 0.237 e. The minimum Gasteiger partial charge on any atom is -0.348 e. The van der Waals surface area contributed by atoms with E-state index in [1.54, 1.807) is 0 Å². The highest BCUT2D eigenvalue weighted by Crippen LogP contribution is 2.13. The molecule has 0 aliphatic rings. The number of hydrogen-bond donors (Lipinski definition) is 3. The van der Waals surface area contributed by atoms with Crippen LogP contribution in [0.4, 0.5) is 0 Å². The van der Waals surface area contributed by atoms with Gasteiger partial charge in [0.1, 0.15) is 0 Å². The number of carbonyl (C=O) groups is 2. The van der Waals surface area contributed by atoms with Crippen molar-refractivity contribution in [2.24, 2.45) is 5.41 Å². The van der Waals surface area contributed by atoms with E-state index in [2.05, 4.69) is 36.7 Å². The van der Waals surface area contributed by atoms with Crippen LogP contribution in [0, 0.1) is 5.41 Å². The second-order valence-electron chi connectivity index (χ2n) is 8.94. The zero-order valence-corrected chi connectivity index (χ0v) is 17.0. The first-order valence-corrected chi connectivity index (χ1v) is 9.15. The topological polar surface area (TPSA) is 70.2 Å². The lowest BCUT2D eigenvalue weighted by atomic mass is 9.91. The number of hydrogen-bond acceptors (Lipinski definition) is 4. The summed E-state index contributed by atoms with van der Waals surface area (Å²) in [7, 11) is 0. The minimum absolute atomic E-state index is 0.0496. The predicted octanol–water partition coefficient (Wildman–Crippen LogP) is 2.64. The normalized spacial score (nSPS) is 13.9. The van der Waals surface area contributed by atoms with Crippen LogP contribution in [0.1, 0.15) is 74.7 Å². The molecular weight excluding hydrogens is 302 g/mol. The number of amides is 1. The Labute approximate surface area is 148 Å². The van der Waals surface area contributed by atoms with Crippen molar-refractivity contribution in [3.8, 4) is 0 Å². The van der Waals surface area contributed by atoms with Crippen LogP contribution >= 0.6 is 0 Å². The Bertz CT molecular complexity index is 392. The molecule has 1 amide bonds. The number of rotatable bonds is 10. The number of unbranched alkanes of at least 4 members (excludes halogenated alkanes) is 1. The molecule has 0 fully saturated rings. The molecule has 0 saturated carbocycles.